The number of anilines is 1. The zero-order chi connectivity index (χ0) is 22.0. The molecule has 0 aliphatic heterocycles. The molecule has 160 valence electrons. The van der Waals surface area contributed by atoms with Crippen molar-refractivity contribution in [2.45, 2.75) is 26.3 Å². The summed E-state index contributed by atoms with van der Waals surface area (Å²) in [5.41, 5.74) is 2.12. The molecule has 0 aliphatic carbocycles. The fraction of sp³-hybridized carbons (Fsp3) is 0.261. The molecule has 8 heteroatoms. The van der Waals surface area contributed by atoms with E-state index in [0.717, 1.165) is 10.9 Å². The molecule has 2 aromatic carbocycles. The summed E-state index contributed by atoms with van der Waals surface area (Å²) in [6.07, 6.45) is 0. The Balaban J connectivity index is 1.68. The highest BCUT2D eigenvalue weighted by atomic mass is 16.5. The van der Waals surface area contributed by atoms with Crippen LogP contribution in [0.2, 0.25) is 0 Å². The van der Waals surface area contributed by atoms with Crippen LogP contribution in [0.5, 0.6) is 11.5 Å². The second-order valence-electron chi connectivity index (χ2n) is 7.39. The van der Waals surface area contributed by atoms with Crippen molar-refractivity contribution < 1.29 is 18.7 Å². The number of amides is 1. The van der Waals surface area contributed by atoms with Crippen molar-refractivity contribution in [1.29, 1.82) is 0 Å². The number of hydrogen-bond acceptors (Lipinski definition) is 6. The first kappa shape index (κ1) is 20.5. The van der Waals surface area contributed by atoms with Crippen molar-refractivity contribution in [3.63, 3.8) is 0 Å². The van der Waals surface area contributed by atoms with E-state index < -0.39 is 0 Å². The lowest BCUT2D eigenvalue weighted by molar-refractivity contribution is -0.116. The standard InChI is InChI=1S/C23H24N4O4/c1-14(2)22-25-26-23(31-22)19-11-15-7-5-6-8-18(15)27(19)13-21(28)24-17-12-16(29-3)9-10-20(17)30-4/h5-12,14H,13H2,1-4H3,(H,24,28). The van der Waals surface area contributed by atoms with Gasteiger partial charge in [0.2, 0.25) is 11.8 Å². The first-order valence-electron chi connectivity index (χ1n) is 9.94. The Morgan fingerprint density at radius 1 is 1.10 bits per heavy atom. The minimum Gasteiger partial charge on any atom is -0.497 e. The van der Waals surface area contributed by atoms with E-state index in [1.54, 1.807) is 32.4 Å². The number of para-hydroxylation sites is 1. The quantitative estimate of drug-likeness (QED) is 0.474. The van der Waals surface area contributed by atoms with Crippen LogP contribution in [0, 0.1) is 0 Å². The normalized spacial score (nSPS) is 11.1. The van der Waals surface area contributed by atoms with E-state index in [-0.39, 0.29) is 18.4 Å². The molecule has 1 amide bonds. The van der Waals surface area contributed by atoms with Crippen molar-refractivity contribution in [3.05, 3.63) is 54.4 Å². The zero-order valence-corrected chi connectivity index (χ0v) is 17.9. The zero-order valence-electron chi connectivity index (χ0n) is 17.9. The van der Waals surface area contributed by atoms with Gasteiger partial charge in [0.15, 0.2) is 0 Å². The second-order valence-corrected chi connectivity index (χ2v) is 7.39. The average molecular weight is 420 g/mol. The molecule has 0 radical (unpaired) electrons. The highest BCUT2D eigenvalue weighted by molar-refractivity contribution is 5.95. The predicted molar refractivity (Wildman–Crippen MR) is 117 cm³/mol. The Kier molecular flexibility index (Phi) is 5.62. The maximum Gasteiger partial charge on any atom is 0.264 e. The number of carbonyl (C=O) groups excluding carboxylic acids is 1. The first-order chi connectivity index (χ1) is 15.0. The SMILES string of the molecule is COc1ccc(OC)c(NC(=O)Cn2c(-c3nnc(C(C)C)o3)cc3ccccc32)c1. The number of nitrogens with zero attached hydrogens (tertiary/aromatic N) is 3. The van der Waals surface area contributed by atoms with Crippen LogP contribution in [0.25, 0.3) is 22.5 Å². The van der Waals surface area contributed by atoms with Crippen molar-refractivity contribution in [2.24, 2.45) is 0 Å². The van der Waals surface area contributed by atoms with Crippen LogP contribution < -0.4 is 14.8 Å². The third-order valence-electron chi connectivity index (χ3n) is 4.95. The van der Waals surface area contributed by atoms with E-state index in [9.17, 15) is 4.79 Å². The monoisotopic (exact) mass is 420 g/mol. The summed E-state index contributed by atoms with van der Waals surface area (Å²) in [7, 11) is 3.12. The second kappa shape index (κ2) is 8.51. The van der Waals surface area contributed by atoms with Gasteiger partial charge in [-0.2, -0.15) is 0 Å². The number of ether oxygens (including phenoxy) is 2. The van der Waals surface area contributed by atoms with Crippen molar-refractivity contribution in [2.75, 3.05) is 19.5 Å². The smallest absolute Gasteiger partial charge is 0.264 e. The molecule has 1 N–H and O–H groups in total. The van der Waals surface area contributed by atoms with Gasteiger partial charge in [-0.25, -0.2) is 0 Å². The summed E-state index contributed by atoms with van der Waals surface area (Å²) in [6.45, 7) is 4.03. The van der Waals surface area contributed by atoms with Crippen LogP contribution in [-0.2, 0) is 11.3 Å². The van der Waals surface area contributed by atoms with Gasteiger partial charge < -0.3 is 23.8 Å². The lowest BCUT2D eigenvalue weighted by atomic mass is 10.2. The molecule has 0 saturated carbocycles. The molecular weight excluding hydrogens is 396 g/mol. The Hall–Kier alpha value is -3.81. The van der Waals surface area contributed by atoms with Crippen LogP contribution in [-0.4, -0.2) is 34.9 Å². The van der Waals surface area contributed by atoms with E-state index in [1.165, 1.54) is 0 Å². The Morgan fingerprint density at radius 3 is 2.61 bits per heavy atom. The minimum absolute atomic E-state index is 0.0581. The molecular formula is C23H24N4O4. The van der Waals surface area contributed by atoms with Gasteiger partial charge in [0, 0.05) is 22.9 Å². The highest BCUT2D eigenvalue weighted by Crippen LogP contribution is 2.31. The van der Waals surface area contributed by atoms with Gasteiger partial charge in [-0.3, -0.25) is 4.79 Å². The number of nitrogens with one attached hydrogen (secondary N) is 1. The molecule has 4 aromatic rings. The molecule has 31 heavy (non-hydrogen) atoms. The van der Waals surface area contributed by atoms with Crippen LogP contribution in [0.15, 0.2) is 52.9 Å². The topological polar surface area (TPSA) is 91.4 Å². The fourth-order valence-corrected chi connectivity index (χ4v) is 3.37. The third kappa shape index (κ3) is 4.09. The van der Waals surface area contributed by atoms with Crippen molar-refractivity contribution in [3.8, 4) is 23.1 Å². The molecule has 0 unspecified atom stereocenters. The molecule has 0 spiro atoms. The number of methoxy groups -OCH3 is 2. The third-order valence-corrected chi connectivity index (χ3v) is 4.95. The van der Waals surface area contributed by atoms with Crippen molar-refractivity contribution >= 4 is 22.5 Å². The molecule has 0 fully saturated rings. The summed E-state index contributed by atoms with van der Waals surface area (Å²) in [5.74, 6) is 1.99. The predicted octanol–water partition coefficient (Wildman–Crippen LogP) is 4.47. The molecule has 2 heterocycles. The molecule has 0 aliphatic rings. The van der Waals surface area contributed by atoms with Gasteiger partial charge in [-0.15, -0.1) is 10.2 Å². The summed E-state index contributed by atoms with van der Waals surface area (Å²) >= 11 is 0. The number of rotatable bonds is 7. The van der Waals surface area contributed by atoms with Gasteiger partial charge in [0.1, 0.15) is 23.7 Å². The van der Waals surface area contributed by atoms with Gasteiger partial charge in [0.05, 0.1) is 19.9 Å². The fourth-order valence-electron chi connectivity index (χ4n) is 3.37. The Labute approximate surface area is 179 Å². The number of aromatic nitrogens is 3. The van der Waals surface area contributed by atoms with E-state index >= 15 is 0 Å². The maximum absolute atomic E-state index is 13.0. The average Bonchev–Trinajstić information content (AvgIpc) is 3.39. The molecule has 0 saturated heterocycles. The number of hydrogen-bond donors (Lipinski definition) is 1. The maximum atomic E-state index is 13.0. The van der Waals surface area contributed by atoms with Gasteiger partial charge >= 0.3 is 0 Å². The summed E-state index contributed by atoms with van der Waals surface area (Å²) < 4.78 is 18.3. The summed E-state index contributed by atoms with van der Waals surface area (Å²) in [4.78, 5) is 13.0. The molecule has 8 nitrogen and oxygen atoms in total. The van der Waals surface area contributed by atoms with Crippen LogP contribution in [0.3, 0.4) is 0 Å². The molecule has 0 atom stereocenters. The number of benzene rings is 2. The van der Waals surface area contributed by atoms with E-state index in [4.69, 9.17) is 13.9 Å². The first-order valence-corrected chi connectivity index (χ1v) is 9.94. The van der Waals surface area contributed by atoms with E-state index in [1.807, 2.05) is 48.7 Å². The van der Waals surface area contributed by atoms with E-state index in [0.29, 0.717) is 34.7 Å². The lowest BCUT2D eigenvalue weighted by Crippen LogP contribution is -2.19. The highest BCUT2D eigenvalue weighted by Gasteiger charge is 2.20. The van der Waals surface area contributed by atoms with Crippen LogP contribution in [0.1, 0.15) is 25.7 Å². The Morgan fingerprint density at radius 2 is 1.90 bits per heavy atom. The molecule has 4 rings (SSSR count). The number of carbonyl (C=O) groups is 1. The molecule has 0 bridgehead atoms. The van der Waals surface area contributed by atoms with Crippen LogP contribution >= 0.6 is 0 Å². The van der Waals surface area contributed by atoms with E-state index in [2.05, 4.69) is 15.5 Å². The molecule has 2 aromatic heterocycles. The minimum atomic E-state index is -0.224. The van der Waals surface area contributed by atoms with Gasteiger partial charge in [-0.1, -0.05) is 32.0 Å². The van der Waals surface area contributed by atoms with Gasteiger partial charge in [0.25, 0.3) is 5.89 Å². The lowest BCUT2D eigenvalue weighted by Gasteiger charge is -2.13. The number of fused-ring (bicyclic) bond motifs is 1. The largest absolute Gasteiger partial charge is 0.497 e. The van der Waals surface area contributed by atoms with Crippen molar-refractivity contribution in [1.82, 2.24) is 14.8 Å². The van der Waals surface area contributed by atoms with Crippen LogP contribution in [0.4, 0.5) is 5.69 Å². The van der Waals surface area contributed by atoms with Gasteiger partial charge in [-0.05, 0) is 24.3 Å². The Bertz CT molecular complexity index is 1230. The summed E-state index contributed by atoms with van der Waals surface area (Å²) in [6, 6.07) is 15.0. The summed E-state index contributed by atoms with van der Waals surface area (Å²) in [5, 5.41) is 12.2.